The average Bonchev–Trinajstić information content (AvgIpc) is 3.17. The van der Waals surface area contributed by atoms with E-state index in [2.05, 4.69) is 0 Å². The van der Waals surface area contributed by atoms with Crippen molar-refractivity contribution in [1.29, 1.82) is 0 Å². The van der Waals surface area contributed by atoms with Crippen molar-refractivity contribution in [2.24, 2.45) is 11.8 Å². The van der Waals surface area contributed by atoms with Crippen molar-refractivity contribution < 1.29 is 24.2 Å². The molecule has 1 aliphatic carbocycles. The summed E-state index contributed by atoms with van der Waals surface area (Å²) in [5.41, 5.74) is 1.27. The summed E-state index contributed by atoms with van der Waals surface area (Å²) in [6.07, 6.45) is 0.419. The Kier molecular flexibility index (Phi) is 3.46. The Morgan fingerprint density at radius 3 is 2.21 bits per heavy atom. The molecule has 2 rings (SSSR count). The first-order valence-electron chi connectivity index (χ1n) is 5.99. The number of rotatable bonds is 5. The molecule has 0 saturated heterocycles. The summed E-state index contributed by atoms with van der Waals surface area (Å²) in [5, 5.41) is 8.87. The molecule has 0 bridgehead atoms. The second-order valence-electron chi connectivity index (χ2n) is 4.67. The SMILES string of the molecule is COc1cc(C)c(C(=O)C2CC2C(=O)O)cc1OC. The Morgan fingerprint density at radius 1 is 1.16 bits per heavy atom. The molecule has 0 heterocycles. The number of aryl methyl sites for hydroxylation is 1. The fraction of sp³-hybridized carbons (Fsp3) is 0.429. The first kappa shape index (κ1) is 13.4. The number of methoxy groups -OCH3 is 2. The standard InChI is InChI=1S/C14H16O5/c1-7-4-11(18-2)12(19-3)6-8(7)13(15)9-5-10(9)14(16)17/h4,6,9-10H,5H2,1-3H3,(H,16,17). The van der Waals surface area contributed by atoms with E-state index in [-0.39, 0.29) is 5.78 Å². The van der Waals surface area contributed by atoms with Gasteiger partial charge in [0, 0.05) is 11.5 Å². The number of Topliss-reactive ketones (excluding diaryl/α,β-unsaturated/α-hetero) is 1. The van der Waals surface area contributed by atoms with Crippen LogP contribution in [0.4, 0.5) is 0 Å². The Hall–Kier alpha value is -2.04. The summed E-state index contributed by atoms with van der Waals surface area (Å²) in [5.74, 6) is -0.956. The number of hydrogen-bond donors (Lipinski definition) is 1. The topological polar surface area (TPSA) is 72.8 Å². The molecule has 5 nitrogen and oxygen atoms in total. The summed E-state index contributed by atoms with van der Waals surface area (Å²) >= 11 is 0. The van der Waals surface area contributed by atoms with Gasteiger partial charge < -0.3 is 14.6 Å². The lowest BCUT2D eigenvalue weighted by Crippen LogP contribution is -2.10. The number of aliphatic carboxylic acids is 1. The first-order chi connectivity index (χ1) is 8.99. The lowest BCUT2D eigenvalue weighted by Gasteiger charge is -2.12. The highest BCUT2D eigenvalue weighted by Gasteiger charge is 2.48. The molecular formula is C14H16O5. The molecule has 1 aliphatic rings. The molecule has 102 valence electrons. The lowest BCUT2D eigenvalue weighted by atomic mass is 10.00. The molecule has 0 radical (unpaired) electrons. The minimum absolute atomic E-state index is 0.133. The molecule has 19 heavy (non-hydrogen) atoms. The molecule has 1 N–H and O–H groups in total. The van der Waals surface area contributed by atoms with E-state index in [1.54, 1.807) is 19.1 Å². The number of carboxylic acids is 1. The van der Waals surface area contributed by atoms with Gasteiger partial charge >= 0.3 is 5.97 Å². The number of benzene rings is 1. The van der Waals surface area contributed by atoms with Gasteiger partial charge in [0.2, 0.25) is 0 Å². The fourth-order valence-corrected chi connectivity index (χ4v) is 2.20. The predicted molar refractivity (Wildman–Crippen MR) is 67.8 cm³/mol. The third-order valence-electron chi connectivity index (χ3n) is 3.44. The van der Waals surface area contributed by atoms with Gasteiger partial charge in [-0.15, -0.1) is 0 Å². The number of carboxylic acid groups (broad SMARTS) is 1. The highest BCUT2D eigenvalue weighted by molar-refractivity contribution is 6.04. The molecule has 1 aromatic carbocycles. The zero-order valence-corrected chi connectivity index (χ0v) is 11.1. The van der Waals surface area contributed by atoms with Crippen molar-refractivity contribution in [3.05, 3.63) is 23.3 Å². The van der Waals surface area contributed by atoms with Crippen LogP contribution in [-0.4, -0.2) is 31.1 Å². The Bertz CT molecular complexity index is 535. The van der Waals surface area contributed by atoms with Gasteiger partial charge in [-0.3, -0.25) is 9.59 Å². The fourth-order valence-electron chi connectivity index (χ4n) is 2.20. The predicted octanol–water partition coefficient (Wildman–Crippen LogP) is 1.92. The van der Waals surface area contributed by atoms with Crippen LogP contribution in [0.25, 0.3) is 0 Å². The van der Waals surface area contributed by atoms with Crippen LogP contribution >= 0.6 is 0 Å². The first-order valence-corrected chi connectivity index (χ1v) is 5.99. The third-order valence-corrected chi connectivity index (χ3v) is 3.44. The second kappa shape index (κ2) is 4.91. The maximum atomic E-state index is 12.3. The van der Waals surface area contributed by atoms with E-state index < -0.39 is 17.8 Å². The van der Waals surface area contributed by atoms with Gasteiger partial charge in [-0.05, 0) is 31.0 Å². The van der Waals surface area contributed by atoms with Crippen LogP contribution in [0.2, 0.25) is 0 Å². The molecule has 0 amide bonds. The van der Waals surface area contributed by atoms with E-state index >= 15 is 0 Å². The van der Waals surface area contributed by atoms with Crippen LogP contribution in [0.15, 0.2) is 12.1 Å². The monoisotopic (exact) mass is 264 g/mol. The van der Waals surface area contributed by atoms with Crippen molar-refractivity contribution >= 4 is 11.8 Å². The highest BCUT2D eigenvalue weighted by Crippen LogP contribution is 2.42. The van der Waals surface area contributed by atoms with E-state index in [0.29, 0.717) is 23.5 Å². The van der Waals surface area contributed by atoms with E-state index in [1.807, 2.05) is 0 Å². The maximum Gasteiger partial charge on any atom is 0.307 e. The Morgan fingerprint density at radius 2 is 1.74 bits per heavy atom. The summed E-state index contributed by atoms with van der Waals surface area (Å²) in [7, 11) is 3.03. The zero-order valence-electron chi connectivity index (χ0n) is 11.1. The molecule has 2 atom stereocenters. The smallest absolute Gasteiger partial charge is 0.307 e. The van der Waals surface area contributed by atoms with Gasteiger partial charge in [-0.1, -0.05) is 0 Å². The van der Waals surface area contributed by atoms with Gasteiger partial charge in [-0.25, -0.2) is 0 Å². The molecule has 1 fully saturated rings. The Balaban J connectivity index is 2.30. The molecule has 0 spiro atoms. The minimum atomic E-state index is -0.906. The lowest BCUT2D eigenvalue weighted by molar-refractivity contribution is -0.138. The summed E-state index contributed by atoms with van der Waals surface area (Å²) in [4.78, 5) is 23.1. The van der Waals surface area contributed by atoms with Crippen LogP contribution in [0.3, 0.4) is 0 Å². The average molecular weight is 264 g/mol. The molecule has 0 aliphatic heterocycles. The third kappa shape index (κ3) is 2.41. The minimum Gasteiger partial charge on any atom is -0.493 e. The number of ether oxygens (including phenoxy) is 2. The van der Waals surface area contributed by atoms with Gasteiger partial charge in [0.25, 0.3) is 0 Å². The van der Waals surface area contributed by atoms with Crippen molar-refractivity contribution in [1.82, 2.24) is 0 Å². The number of carbonyl (C=O) groups excluding carboxylic acids is 1. The summed E-state index contributed by atoms with van der Waals surface area (Å²) in [6, 6.07) is 3.35. The molecule has 1 aromatic rings. The molecule has 5 heteroatoms. The molecular weight excluding hydrogens is 248 g/mol. The number of carbonyl (C=O) groups is 2. The van der Waals surface area contributed by atoms with E-state index in [1.165, 1.54) is 14.2 Å². The van der Waals surface area contributed by atoms with Crippen molar-refractivity contribution in [2.45, 2.75) is 13.3 Å². The summed E-state index contributed by atoms with van der Waals surface area (Å²) in [6.45, 7) is 1.80. The maximum absolute atomic E-state index is 12.3. The van der Waals surface area contributed by atoms with E-state index in [9.17, 15) is 9.59 Å². The van der Waals surface area contributed by atoms with Crippen LogP contribution in [0.1, 0.15) is 22.3 Å². The largest absolute Gasteiger partial charge is 0.493 e. The highest BCUT2D eigenvalue weighted by atomic mass is 16.5. The van der Waals surface area contributed by atoms with Crippen molar-refractivity contribution in [3.63, 3.8) is 0 Å². The summed E-state index contributed by atoms with van der Waals surface area (Å²) < 4.78 is 10.3. The number of ketones is 1. The van der Waals surface area contributed by atoms with Crippen LogP contribution in [0.5, 0.6) is 11.5 Å². The normalized spacial score (nSPS) is 20.8. The van der Waals surface area contributed by atoms with Crippen LogP contribution < -0.4 is 9.47 Å². The van der Waals surface area contributed by atoms with E-state index in [0.717, 1.165) is 5.56 Å². The molecule has 2 unspecified atom stereocenters. The van der Waals surface area contributed by atoms with Crippen LogP contribution in [-0.2, 0) is 4.79 Å². The van der Waals surface area contributed by atoms with E-state index in [4.69, 9.17) is 14.6 Å². The number of hydrogen-bond acceptors (Lipinski definition) is 4. The quantitative estimate of drug-likeness (QED) is 0.822. The molecule has 1 saturated carbocycles. The van der Waals surface area contributed by atoms with Gasteiger partial charge in [-0.2, -0.15) is 0 Å². The second-order valence-corrected chi connectivity index (χ2v) is 4.67. The van der Waals surface area contributed by atoms with Crippen LogP contribution in [0, 0.1) is 18.8 Å². The molecule has 0 aromatic heterocycles. The van der Waals surface area contributed by atoms with Crippen molar-refractivity contribution in [3.8, 4) is 11.5 Å². The van der Waals surface area contributed by atoms with Gasteiger partial charge in [0.05, 0.1) is 20.1 Å². The van der Waals surface area contributed by atoms with Gasteiger partial charge in [0.15, 0.2) is 17.3 Å². The van der Waals surface area contributed by atoms with Crippen molar-refractivity contribution in [2.75, 3.05) is 14.2 Å². The zero-order chi connectivity index (χ0) is 14.2. The Labute approximate surface area is 111 Å². The van der Waals surface area contributed by atoms with Gasteiger partial charge in [0.1, 0.15) is 0 Å².